The average Bonchev–Trinajstić information content (AvgIpc) is 2.38. The van der Waals surface area contributed by atoms with Gasteiger partial charge in [-0.3, -0.25) is 4.57 Å². The standard InChI is InChI=1S/C13H22NO3P/c1-4-14(13-10-8-7-9-11-13)12-18(15,16-5-2)17-6-3/h7-11H,4-6,12H2,1-3H3. The van der Waals surface area contributed by atoms with Gasteiger partial charge in [0.05, 0.1) is 13.2 Å². The van der Waals surface area contributed by atoms with Crippen molar-refractivity contribution in [3.8, 4) is 0 Å². The van der Waals surface area contributed by atoms with Crippen molar-refractivity contribution in [1.29, 1.82) is 0 Å². The molecule has 1 aromatic carbocycles. The van der Waals surface area contributed by atoms with Crippen molar-refractivity contribution in [3.63, 3.8) is 0 Å². The zero-order valence-corrected chi connectivity index (χ0v) is 12.2. The van der Waals surface area contributed by atoms with Gasteiger partial charge in [0.15, 0.2) is 0 Å². The van der Waals surface area contributed by atoms with E-state index >= 15 is 0 Å². The maximum Gasteiger partial charge on any atom is 0.349 e. The highest BCUT2D eigenvalue weighted by Crippen LogP contribution is 2.49. The number of para-hydroxylation sites is 1. The van der Waals surface area contributed by atoms with Crippen LogP contribution < -0.4 is 4.90 Å². The molecule has 0 aliphatic carbocycles. The second-order valence-electron chi connectivity index (χ2n) is 3.78. The van der Waals surface area contributed by atoms with Crippen LogP contribution in [0.5, 0.6) is 0 Å². The Hall–Kier alpha value is -0.830. The molecular formula is C13H22NO3P. The van der Waals surface area contributed by atoms with Gasteiger partial charge in [-0.2, -0.15) is 0 Å². The highest BCUT2D eigenvalue weighted by atomic mass is 31.2. The van der Waals surface area contributed by atoms with Crippen molar-refractivity contribution in [2.75, 3.05) is 30.9 Å². The molecule has 0 unspecified atom stereocenters. The first-order chi connectivity index (χ1) is 8.65. The van der Waals surface area contributed by atoms with Crippen LogP contribution in [0.1, 0.15) is 20.8 Å². The lowest BCUT2D eigenvalue weighted by atomic mass is 10.3. The molecular weight excluding hydrogens is 249 g/mol. The molecule has 0 saturated carbocycles. The molecule has 4 nitrogen and oxygen atoms in total. The summed E-state index contributed by atoms with van der Waals surface area (Å²) < 4.78 is 23.1. The molecule has 0 aliphatic heterocycles. The molecule has 0 atom stereocenters. The molecule has 0 heterocycles. The molecule has 0 spiro atoms. The Labute approximate surface area is 109 Å². The van der Waals surface area contributed by atoms with Gasteiger partial charge in [-0.25, -0.2) is 0 Å². The van der Waals surface area contributed by atoms with E-state index in [0.29, 0.717) is 13.2 Å². The van der Waals surface area contributed by atoms with Gasteiger partial charge in [0.2, 0.25) is 0 Å². The molecule has 0 N–H and O–H groups in total. The van der Waals surface area contributed by atoms with Crippen molar-refractivity contribution >= 4 is 13.3 Å². The lowest BCUT2D eigenvalue weighted by Crippen LogP contribution is -2.25. The van der Waals surface area contributed by atoms with Crippen molar-refractivity contribution in [1.82, 2.24) is 0 Å². The Balaban J connectivity index is 2.80. The maximum atomic E-state index is 12.5. The monoisotopic (exact) mass is 271 g/mol. The summed E-state index contributed by atoms with van der Waals surface area (Å²) >= 11 is 0. The zero-order valence-electron chi connectivity index (χ0n) is 11.3. The third-order valence-electron chi connectivity index (χ3n) is 2.50. The lowest BCUT2D eigenvalue weighted by molar-refractivity contribution is 0.220. The van der Waals surface area contributed by atoms with Gasteiger partial charge >= 0.3 is 7.60 Å². The minimum absolute atomic E-state index is 0.287. The molecule has 5 heteroatoms. The van der Waals surface area contributed by atoms with E-state index in [0.717, 1.165) is 12.2 Å². The van der Waals surface area contributed by atoms with E-state index in [2.05, 4.69) is 0 Å². The second kappa shape index (κ2) is 7.57. The fourth-order valence-electron chi connectivity index (χ4n) is 1.72. The molecule has 0 aromatic heterocycles. The van der Waals surface area contributed by atoms with Crippen molar-refractivity contribution in [2.45, 2.75) is 20.8 Å². The summed E-state index contributed by atoms with van der Waals surface area (Å²) in [6.07, 6.45) is 0.287. The summed E-state index contributed by atoms with van der Waals surface area (Å²) in [5, 5.41) is 0. The molecule has 102 valence electrons. The Morgan fingerprint density at radius 1 is 1.06 bits per heavy atom. The summed E-state index contributed by atoms with van der Waals surface area (Å²) in [5.74, 6) is 0. The topological polar surface area (TPSA) is 38.8 Å². The number of hydrogen-bond donors (Lipinski definition) is 0. The highest BCUT2D eigenvalue weighted by Gasteiger charge is 2.26. The first kappa shape index (κ1) is 15.2. The van der Waals surface area contributed by atoms with Crippen LogP contribution in [0, 0.1) is 0 Å². The Bertz CT molecular complexity index is 373. The maximum absolute atomic E-state index is 12.5. The quantitative estimate of drug-likeness (QED) is 0.675. The number of rotatable bonds is 8. The fourth-order valence-corrected chi connectivity index (χ4v) is 3.53. The van der Waals surface area contributed by atoms with Crippen LogP contribution in [0.4, 0.5) is 5.69 Å². The normalized spacial score (nSPS) is 11.5. The first-order valence-corrected chi connectivity index (χ1v) is 8.06. The molecule has 0 amide bonds. The van der Waals surface area contributed by atoms with Crippen LogP contribution in [-0.4, -0.2) is 26.0 Å². The largest absolute Gasteiger partial charge is 0.360 e. The summed E-state index contributed by atoms with van der Waals surface area (Å²) in [4.78, 5) is 2.01. The van der Waals surface area contributed by atoms with Gasteiger partial charge in [-0.15, -0.1) is 0 Å². The minimum atomic E-state index is -3.03. The fraction of sp³-hybridized carbons (Fsp3) is 0.538. The molecule has 0 radical (unpaired) electrons. The molecule has 0 aliphatic rings. The molecule has 0 saturated heterocycles. The van der Waals surface area contributed by atoms with Crippen molar-refractivity contribution in [2.24, 2.45) is 0 Å². The van der Waals surface area contributed by atoms with Gasteiger partial charge in [-0.05, 0) is 32.9 Å². The summed E-state index contributed by atoms with van der Waals surface area (Å²) in [5.41, 5.74) is 1.03. The van der Waals surface area contributed by atoms with E-state index in [1.54, 1.807) is 0 Å². The van der Waals surface area contributed by atoms with Crippen molar-refractivity contribution < 1.29 is 13.6 Å². The zero-order chi connectivity index (χ0) is 13.4. The number of benzene rings is 1. The van der Waals surface area contributed by atoms with E-state index in [-0.39, 0.29) is 6.29 Å². The van der Waals surface area contributed by atoms with Crippen LogP contribution in [-0.2, 0) is 13.6 Å². The van der Waals surface area contributed by atoms with Gasteiger partial charge < -0.3 is 13.9 Å². The Morgan fingerprint density at radius 3 is 2.06 bits per heavy atom. The average molecular weight is 271 g/mol. The van der Waals surface area contributed by atoms with E-state index in [1.807, 2.05) is 56.0 Å². The third-order valence-corrected chi connectivity index (χ3v) is 4.49. The highest BCUT2D eigenvalue weighted by molar-refractivity contribution is 7.53. The Kier molecular flexibility index (Phi) is 6.41. The van der Waals surface area contributed by atoms with E-state index in [9.17, 15) is 4.57 Å². The molecule has 0 fully saturated rings. The van der Waals surface area contributed by atoms with Crippen LogP contribution in [0.25, 0.3) is 0 Å². The predicted molar refractivity (Wildman–Crippen MR) is 75.2 cm³/mol. The van der Waals surface area contributed by atoms with Crippen LogP contribution in [0.15, 0.2) is 30.3 Å². The number of nitrogens with zero attached hydrogens (tertiary/aromatic N) is 1. The van der Waals surface area contributed by atoms with Gasteiger partial charge in [0.25, 0.3) is 0 Å². The van der Waals surface area contributed by atoms with E-state index in [4.69, 9.17) is 9.05 Å². The Morgan fingerprint density at radius 2 is 1.61 bits per heavy atom. The summed E-state index contributed by atoms with van der Waals surface area (Å²) in [6, 6.07) is 9.87. The minimum Gasteiger partial charge on any atom is -0.360 e. The molecule has 0 bridgehead atoms. The second-order valence-corrected chi connectivity index (χ2v) is 5.80. The molecule has 18 heavy (non-hydrogen) atoms. The van der Waals surface area contributed by atoms with Crippen molar-refractivity contribution in [3.05, 3.63) is 30.3 Å². The molecule has 1 rings (SSSR count). The van der Waals surface area contributed by atoms with Crippen LogP contribution in [0.3, 0.4) is 0 Å². The molecule has 1 aromatic rings. The SMILES string of the molecule is CCOP(=O)(CN(CC)c1ccccc1)OCC. The first-order valence-electron chi connectivity index (χ1n) is 6.33. The van der Waals surface area contributed by atoms with Crippen LogP contribution in [0.2, 0.25) is 0 Å². The lowest BCUT2D eigenvalue weighted by Gasteiger charge is -2.27. The van der Waals surface area contributed by atoms with Gasteiger partial charge in [0, 0.05) is 12.2 Å². The van der Waals surface area contributed by atoms with Crippen LogP contribution >= 0.6 is 7.60 Å². The van der Waals surface area contributed by atoms with E-state index in [1.165, 1.54) is 0 Å². The third kappa shape index (κ3) is 4.45. The van der Waals surface area contributed by atoms with Gasteiger partial charge in [0.1, 0.15) is 6.29 Å². The predicted octanol–water partition coefficient (Wildman–Crippen LogP) is 3.74. The van der Waals surface area contributed by atoms with Gasteiger partial charge in [-0.1, -0.05) is 18.2 Å². The summed E-state index contributed by atoms with van der Waals surface area (Å²) in [6.45, 7) is 7.21. The summed E-state index contributed by atoms with van der Waals surface area (Å²) in [7, 11) is -3.03. The smallest absolute Gasteiger partial charge is 0.349 e. The number of anilines is 1. The number of hydrogen-bond acceptors (Lipinski definition) is 4. The van der Waals surface area contributed by atoms with E-state index < -0.39 is 7.60 Å².